The van der Waals surface area contributed by atoms with Gasteiger partial charge in [-0.3, -0.25) is 0 Å². The molecule has 8 N–H and O–H groups in total. The van der Waals surface area contributed by atoms with Gasteiger partial charge in [-0.05, 0) is 0 Å². The van der Waals surface area contributed by atoms with E-state index in [0.29, 0.717) is 0 Å². The first-order valence-corrected chi connectivity index (χ1v) is 5.35. The molecule has 0 unspecified atom stereocenters. The molecule has 0 spiro atoms. The van der Waals surface area contributed by atoms with Crippen molar-refractivity contribution >= 4 is 173 Å². The van der Waals surface area contributed by atoms with Crippen LogP contribution < -0.4 is 0 Å². The summed E-state index contributed by atoms with van der Waals surface area (Å²) in [5.74, 6) is 0. The van der Waals surface area contributed by atoms with E-state index in [4.69, 9.17) is 53.5 Å². The summed E-state index contributed by atoms with van der Waals surface area (Å²) in [6.45, 7) is 0. The maximum absolute atomic E-state index is 8.88. The minimum atomic E-state index is -4.64. The SMILES string of the molecule is O=C(O)O.O=P(O)(O)O.O=P(O)(O)O.[CaH2].[CaH2].[CaH2].[CaH2]. The van der Waals surface area contributed by atoms with E-state index in [9.17, 15) is 0 Å². The van der Waals surface area contributed by atoms with Crippen molar-refractivity contribution in [2.75, 3.05) is 0 Å². The predicted molar refractivity (Wildman–Crippen MR) is 73.4 cm³/mol. The average Bonchev–Trinajstić information content (AvgIpc) is 1.45. The van der Waals surface area contributed by atoms with E-state index in [1.54, 1.807) is 0 Å². The second kappa shape index (κ2) is 23.8. The summed E-state index contributed by atoms with van der Waals surface area (Å²) >= 11 is 0. The quantitative estimate of drug-likeness (QED) is 0.135. The molecule has 0 aliphatic rings. The zero-order valence-electron chi connectivity index (χ0n) is 6.20. The second-order valence-corrected chi connectivity index (χ2v) is 3.36. The van der Waals surface area contributed by atoms with Gasteiger partial charge in [0.2, 0.25) is 0 Å². The summed E-state index contributed by atoms with van der Waals surface area (Å²) < 4.78 is 17.8. The van der Waals surface area contributed by atoms with Gasteiger partial charge in [0.05, 0.1) is 0 Å². The second-order valence-electron chi connectivity index (χ2n) is 1.31. The molecule has 0 saturated heterocycles. The van der Waals surface area contributed by atoms with Crippen molar-refractivity contribution in [2.24, 2.45) is 0 Å². The summed E-state index contributed by atoms with van der Waals surface area (Å²) in [4.78, 5) is 51.7. The van der Waals surface area contributed by atoms with E-state index in [2.05, 4.69) is 0 Å². The number of carboxylic acid groups (broad SMARTS) is 2. The standard InChI is InChI=1S/CH2O3.4Ca.2H3O4P.8H/c2-1(3)4;;;;;2*1-5(2,3)4;;;;;;;;/h(H2,2,3,4);;;;;2*(H3,1,2,3,4);;;;;;;;. The van der Waals surface area contributed by atoms with E-state index in [-0.39, 0.29) is 151 Å². The van der Waals surface area contributed by atoms with Gasteiger partial charge in [0.15, 0.2) is 0 Å². The Morgan fingerprint density at radius 1 is 0.611 bits per heavy atom. The minimum absolute atomic E-state index is 0. The molecule has 11 nitrogen and oxygen atoms in total. The number of rotatable bonds is 0. The Balaban J connectivity index is -0.0000000183. The number of phosphoric acid groups is 2. The van der Waals surface area contributed by atoms with Crippen LogP contribution in [0.4, 0.5) is 4.79 Å². The molecule has 0 rings (SSSR count). The van der Waals surface area contributed by atoms with Crippen molar-refractivity contribution in [3.8, 4) is 0 Å². The molecule has 0 aliphatic carbocycles. The van der Waals surface area contributed by atoms with Crippen LogP contribution in [0.5, 0.6) is 0 Å². The van der Waals surface area contributed by atoms with Gasteiger partial charge in [-0.2, -0.15) is 0 Å². The molecule has 0 amide bonds. The van der Waals surface area contributed by atoms with Crippen LogP contribution in [-0.4, -0.2) is 197 Å². The van der Waals surface area contributed by atoms with Crippen molar-refractivity contribution in [1.29, 1.82) is 0 Å². The van der Waals surface area contributed by atoms with Crippen LogP contribution in [0, 0.1) is 0 Å². The first-order valence-electron chi connectivity index (χ1n) is 2.22. The zero-order valence-corrected chi connectivity index (χ0v) is 7.99. The number of hydrogen-bond acceptors (Lipinski definition) is 3. The molecule has 0 aliphatic heterocycles. The van der Waals surface area contributed by atoms with Crippen molar-refractivity contribution in [2.45, 2.75) is 0 Å². The summed E-state index contributed by atoms with van der Waals surface area (Å²) in [5.41, 5.74) is 0. The van der Waals surface area contributed by atoms with Crippen LogP contribution in [0.2, 0.25) is 0 Å². The molecule has 0 fully saturated rings. The molecule has 0 aromatic rings. The number of hydrogen-bond donors (Lipinski definition) is 8. The van der Waals surface area contributed by atoms with Crippen molar-refractivity contribution < 1.29 is 53.5 Å². The molecule has 0 saturated carbocycles. The molecule has 0 aromatic carbocycles. The predicted octanol–water partition coefficient (Wildman–Crippen LogP) is -5.30. The molecule has 0 radical (unpaired) electrons. The summed E-state index contributed by atoms with van der Waals surface area (Å²) in [6, 6.07) is 0. The van der Waals surface area contributed by atoms with Gasteiger partial charge in [-0.1, -0.05) is 0 Å². The van der Waals surface area contributed by atoms with Crippen LogP contribution in [0.3, 0.4) is 0 Å². The van der Waals surface area contributed by atoms with Crippen LogP contribution >= 0.6 is 15.6 Å². The van der Waals surface area contributed by atoms with E-state index >= 15 is 0 Å². The third-order valence-corrected chi connectivity index (χ3v) is 0. The van der Waals surface area contributed by atoms with E-state index in [0.717, 1.165) is 0 Å². The Labute approximate surface area is 221 Å². The fourth-order valence-corrected chi connectivity index (χ4v) is 0. The van der Waals surface area contributed by atoms with E-state index in [1.165, 1.54) is 0 Å². The van der Waals surface area contributed by atoms with Gasteiger partial charge in [-0.15, -0.1) is 0 Å². The molecule has 0 atom stereocenters. The molecule has 0 bridgehead atoms. The van der Waals surface area contributed by atoms with Gasteiger partial charge < -0.3 is 39.6 Å². The van der Waals surface area contributed by atoms with Gasteiger partial charge in [0, 0.05) is 0 Å². The maximum atomic E-state index is 8.88. The number of carbonyl (C=O) groups is 1. The van der Waals surface area contributed by atoms with Gasteiger partial charge in [-0.25, -0.2) is 13.9 Å². The first kappa shape index (κ1) is 43.3. The average molecular weight is 426 g/mol. The van der Waals surface area contributed by atoms with Gasteiger partial charge in [0.1, 0.15) is 0 Å². The van der Waals surface area contributed by atoms with Crippen LogP contribution in [0.1, 0.15) is 0 Å². The molecule has 0 heterocycles. The Morgan fingerprint density at radius 3 is 0.611 bits per heavy atom. The topological polar surface area (TPSA) is 213 Å². The Bertz CT molecular complexity index is 203. The fraction of sp³-hybridized carbons (Fsp3) is 0. The van der Waals surface area contributed by atoms with E-state index < -0.39 is 21.8 Å². The Kier molecular flexibility index (Phi) is 57.2. The van der Waals surface area contributed by atoms with Crippen molar-refractivity contribution in [3.63, 3.8) is 0 Å². The van der Waals surface area contributed by atoms with Crippen molar-refractivity contribution in [1.82, 2.24) is 0 Å². The molecule has 17 heteroatoms. The third-order valence-electron chi connectivity index (χ3n) is 0. The van der Waals surface area contributed by atoms with E-state index in [1.807, 2.05) is 0 Å². The molecule has 104 valence electrons. The van der Waals surface area contributed by atoms with Crippen LogP contribution in [0.25, 0.3) is 0 Å². The summed E-state index contributed by atoms with van der Waals surface area (Å²) in [5, 5.41) is 13.9. The Morgan fingerprint density at radius 2 is 0.611 bits per heavy atom. The Hall–Kier alpha value is 4.53. The normalized spacial score (nSPS) is 7.89. The van der Waals surface area contributed by atoms with Crippen LogP contribution in [0.15, 0.2) is 0 Å². The van der Waals surface area contributed by atoms with Gasteiger partial charge >= 0.3 is 173 Å². The molecular weight excluding hydrogens is 410 g/mol. The van der Waals surface area contributed by atoms with Crippen molar-refractivity contribution in [3.05, 3.63) is 0 Å². The summed E-state index contributed by atoms with van der Waals surface area (Å²) in [6.07, 6.45) is -1.83. The summed E-state index contributed by atoms with van der Waals surface area (Å²) in [7, 11) is -9.28. The molecular formula is CH16Ca4O11P2. The first-order chi connectivity index (χ1) is 5.73. The zero-order chi connectivity index (χ0) is 12.6. The third kappa shape index (κ3) is 382. The fourth-order valence-electron chi connectivity index (χ4n) is 0. The van der Waals surface area contributed by atoms with Crippen LogP contribution in [-0.2, 0) is 9.13 Å². The molecule has 18 heavy (non-hydrogen) atoms. The molecule has 0 aromatic heterocycles. The monoisotopic (exact) mass is 426 g/mol. The van der Waals surface area contributed by atoms with Gasteiger partial charge in [0.25, 0.3) is 0 Å².